The average Bonchev–Trinajstić information content (AvgIpc) is 3.11. The molecule has 140 valence electrons. The predicted molar refractivity (Wildman–Crippen MR) is 111 cm³/mol. The predicted octanol–water partition coefficient (Wildman–Crippen LogP) is 5.77. The third-order valence-corrected chi connectivity index (χ3v) is 5.04. The largest absolute Gasteiger partial charge is 0.355 e. The van der Waals surface area contributed by atoms with Gasteiger partial charge < -0.3 is 10.3 Å². The van der Waals surface area contributed by atoms with E-state index in [0.717, 1.165) is 22.2 Å². The Hall–Kier alpha value is -3.40. The number of aromatic amines is 1. The smallest absolute Gasteiger partial charge is 0.251 e. The molecule has 3 aromatic carbocycles. The molecule has 3 nitrogen and oxygen atoms in total. The highest BCUT2D eigenvalue weighted by molar-refractivity contribution is 5.94. The number of rotatable bonds is 4. The first-order valence-electron chi connectivity index (χ1n) is 9.26. The van der Waals surface area contributed by atoms with E-state index in [9.17, 15) is 9.18 Å². The summed E-state index contributed by atoms with van der Waals surface area (Å²) in [6, 6.07) is 21.9. The highest BCUT2D eigenvalue weighted by Gasteiger charge is 2.13. The van der Waals surface area contributed by atoms with E-state index in [0.29, 0.717) is 5.56 Å². The molecular weight excluding hydrogens is 351 g/mol. The number of hydrogen-bond acceptors (Lipinski definition) is 1. The monoisotopic (exact) mass is 372 g/mol. The maximum Gasteiger partial charge on any atom is 0.251 e. The second-order valence-corrected chi connectivity index (χ2v) is 7.05. The van der Waals surface area contributed by atoms with Crippen LogP contribution in [0.3, 0.4) is 0 Å². The van der Waals surface area contributed by atoms with Gasteiger partial charge in [-0.3, -0.25) is 4.79 Å². The lowest BCUT2D eigenvalue weighted by Crippen LogP contribution is -2.26. The summed E-state index contributed by atoms with van der Waals surface area (Å²) >= 11 is 0. The van der Waals surface area contributed by atoms with Crippen molar-refractivity contribution in [3.8, 4) is 11.3 Å². The maximum absolute atomic E-state index is 13.0. The number of fused-ring (bicyclic) bond motifs is 1. The van der Waals surface area contributed by atoms with E-state index in [2.05, 4.69) is 47.6 Å². The molecule has 1 heterocycles. The summed E-state index contributed by atoms with van der Waals surface area (Å²) < 4.78 is 13.0. The summed E-state index contributed by atoms with van der Waals surface area (Å²) in [7, 11) is 0. The second kappa shape index (κ2) is 7.31. The van der Waals surface area contributed by atoms with Gasteiger partial charge in [-0.05, 0) is 61.4 Å². The SMILES string of the molecule is Cc1ccccc1-c1cc2ccc(C(C)NC(=O)c3ccc(F)cc3)cc2[nH]1. The fraction of sp³-hybridized carbons (Fsp3) is 0.125. The molecule has 0 spiro atoms. The van der Waals surface area contributed by atoms with Crippen LogP contribution in [0.2, 0.25) is 0 Å². The molecule has 2 N–H and O–H groups in total. The normalized spacial score (nSPS) is 12.1. The summed E-state index contributed by atoms with van der Waals surface area (Å²) in [4.78, 5) is 15.9. The Balaban J connectivity index is 1.58. The Bertz CT molecular complexity index is 1140. The summed E-state index contributed by atoms with van der Waals surface area (Å²) in [6.45, 7) is 4.03. The topological polar surface area (TPSA) is 44.9 Å². The molecule has 0 aliphatic rings. The van der Waals surface area contributed by atoms with Crippen molar-refractivity contribution < 1.29 is 9.18 Å². The van der Waals surface area contributed by atoms with E-state index in [1.165, 1.54) is 35.4 Å². The van der Waals surface area contributed by atoms with Crippen LogP contribution >= 0.6 is 0 Å². The lowest BCUT2D eigenvalue weighted by atomic mass is 10.0. The van der Waals surface area contributed by atoms with Crippen LogP contribution in [0.1, 0.15) is 34.5 Å². The van der Waals surface area contributed by atoms with Crippen molar-refractivity contribution in [1.29, 1.82) is 0 Å². The number of aryl methyl sites for hydroxylation is 1. The molecule has 0 fully saturated rings. The molecule has 4 rings (SSSR count). The number of carbonyl (C=O) groups is 1. The van der Waals surface area contributed by atoms with Crippen LogP contribution in [0.5, 0.6) is 0 Å². The van der Waals surface area contributed by atoms with Crippen molar-refractivity contribution in [2.45, 2.75) is 19.9 Å². The number of halogens is 1. The first kappa shape index (κ1) is 18.0. The summed E-state index contributed by atoms with van der Waals surface area (Å²) in [5.74, 6) is -0.578. The molecule has 0 saturated heterocycles. The quantitative estimate of drug-likeness (QED) is 0.469. The molecule has 0 aliphatic heterocycles. The molecular formula is C24H21FN2O. The van der Waals surface area contributed by atoms with E-state index >= 15 is 0 Å². The Morgan fingerprint density at radius 1 is 1.00 bits per heavy atom. The first-order valence-corrected chi connectivity index (χ1v) is 9.26. The van der Waals surface area contributed by atoms with E-state index in [-0.39, 0.29) is 17.8 Å². The molecule has 4 aromatic rings. The van der Waals surface area contributed by atoms with Gasteiger partial charge in [0.1, 0.15) is 5.82 Å². The molecule has 1 amide bonds. The fourth-order valence-electron chi connectivity index (χ4n) is 3.40. The van der Waals surface area contributed by atoms with Crippen molar-refractivity contribution in [3.05, 3.63) is 95.3 Å². The van der Waals surface area contributed by atoms with Crippen LogP contribution in [0.4, 0.5) is 4.39 Å². The molecule has 1 atom stereocenters. The van der Waals surface area contributed by atoms with E-state index in [4.69, 9.17) is 0 Å². The number of amides is 1. The van der Waals surface area contributed by atoms with E-state index < -0.39 is 0 Å². The Kier molecular flexibility index (Phi) is 4.70. The maximum atomic E-state index is 13.0. The van der Waals surface area contributed by atoms with Gasteiger partial charge in [-0.25, -0.2) is 4.39 Å². The van der Waals surface area contributed by atoms with Crippen LogP contribution in [0, 0.1) is 12.7 Å². The fourth-order valence-corrected chi connectivity index (χ4v) is 3.40. The highest BCUT2D eigenvalue weighted by Crippen LogP contribution is 2.28. The van der Waals surface area contributed by atoms with Gasteiger partial charge in [0.15, 0.2) is 0 Å². The molecule has 0 bridgehead atoms. The number of benzene rings is 3. The van der Waals surface area contributed by atoms with Gasteiger partial charge in [-0.15, -0.1) is 0 Å². The molecule has 0 radical (unpaired) electrons. The van der Waals surface area contributed by atoms with Crippen LogP contribution in [-0.2, 0) is 0 Å². The van der Waals surface area contributed by atoms with Crippen molar-refractivity contribution in [1.82, 2.24) is 10.3 Å². The van der Waals surface area contributed by atoms with Crippen molar-refractivity contribution in [2.75, 3.05) is 0 Å². The van der Waals surface area contributed by atoms with Crippen LogP contribution in [-0.4, -0.2) is 10.9 Å². The Labute approximate surface area is 163 Å². The zero-order chi connectivity index (χ0) is 19.7. The molecule has 28 heavy (non-hydrogen) atoms. The standard InChI is InChI=1S/C24H21FN2O/c1-15-5-3-4-6-21(15)23-14-19-8-7-18(13-22(19)27-23)16(2)26-24(28)17-9-11-20(25)12-10-17/h3-14,16,27H,1-2H3,(H,26,28). The van der Waals surface area contributed by atoms with Gasteiger partial charge in [-0.2, -0.15) is 0 Å². The number of H-pyrrole nitrogens is 1. The Morgan fingerprint density at radius 2 is 1.75 bits per heavy atom. The summed E-state index contributed by atoms with van der Waals surface area (Å²) in [5, 5.41) is 4.09. The van der Waals surface area contributed by atoms with Gasteiger partial charge >= 0.3 is 0 Å². The molecule has 0 saturated carbocycles. The lowest BCUT2D eigenvalue weighted by molar-refractivity contribution is 0.0940. The van der Waals surface area contributed by atoms with E-state index in [1.807, 2.05) is 25.1 Å². The molecule has 4 heteroatoms. The number of carbonyl (C=O) groups excluding carboxylic acids is 1. The van der Waals surface area contributed by atoms with Crippen LogP contribution in [0.15, 0.2) is 72.8 Å². The third kappa shape index (κ3) is 3.54. The van der Waals surface area contributed by atoms with Gasteiger partial charge in [0.25, 0.3) is 5.91 Å². The first-order chi connectivity index (χ1) is 13.5. The zero-order valence-electron chi connectivity index (χ0n) is 15.8. The molecule has 1 aromatic heterocycles. The minimum absolute atomic E-state index is 0.174. The third-order valence-electron chi connectivity index (χ3n) is 5.04. The molecule has 0 aliphatic carbocycles. The van der Waals surface area contributed by atoms with Crippen molar-refractivity contribution >= 4 is 16.8 Å². The molecule has 1 unspecified atom stereocenters. The second-order valence-electron chi connectivity index (χ2n) is 7.05. The number of aromatic nitrogens is 1. The van der Waals surface area contributed by atoms with Crippen molar-refractivity contribution in [2.24, 2.45) is 0 Å². The van der Waals surface area contributed by atoms with E-state index in [1.54, 1.807) is 0 Å². The number of hydrogen-bond donors (Lipinski definition) is 2. The van der Waals surface area contributed by atoms with Gasteiger partial charge in [-0.1, -0.05) is 36.4 Å². The number of nitrogens with one attached hydrogen (secondary N) is 2. The minimum atomic E-state index is -0.355. The summed E-state index contributed by atoms with van der Waals surface area (Å²) in [5.41, 5.74) is 5.94. The van der Waals surface area contributed by atoms with Crippen LogP contribution in [0.25, 0.3) is 22.2 Å². The summed E-state index contributed by atoms with van der Waals surface area (Å²) in [6.07, 6.45) is 0. The van der Waals surface area contributed by atoms with Gasteiger partial charge in [0.05, 0.1) is 6.04 Å². The average molecular weight is 372 g/mol. The van der Waals surface area contributed by atoms with Crippen molar-refractivity contribution in [3.63, 3.8) is 0 Å². The highest BCUT2D eigenvalue weighted by atomic mass is 19.1. The van der Waals surface area contributed by atoms with Gasteiger partial charge in [0, 0.05) is 27.7 Å². The Morgan fingerprint density at radius 3 is 2.50 bits per heavy atom. The lowest BCUT2D eigenvalue weighted by Gasteiger charge is -2.14. The zero-order valence-corrected chi connectivity index (χ0v) is 15.8. The van der Waals surface area contributed by atoms with Crippen LogP contribution < -0.4 is 5.32 Å². The minimum Gasteiger partial charge on any atom is -0.355 e. The van der Waals surface area contributed by atoms with Gasteiger partial charge in [0.2, 0.25) is 0 Å².